The van der Waals surface area contributed by atoms with Crippen molar-refractivity contribution in [3.63, 3.8) is 0 Å². The first kappa shape index (κ1) is 21.0. The molecule has 0 radical (unpaired) electrons. The number of thioether (sulfide) groups is 1. The molecule has 4 aromatic rings. The van der Waals surface area contributed by atoms with E-state index in [1.54, 1.807) is 18.1 Å². The van der Waals surface area contributed by atoms with E-state index in [0.717, 1.165) is 10.9 Å². The summed E-state index contributed by atoms with van der Waals surface area (Å²) in [7, 11) is 1.56. The van der Waals surface area contributed by atoms with Crippen LogP contribution in [-0.4, -0.2) is 51.3 Å². The Bertz CT molecular complexity index is 1310. The molecular weight excluding hydrogens is 412 g/mol. The second kappa shape index (κ2) is 8.85. The van der Waals surface area contributed by atoms with E-state index in [-0.39, 0.29) is 17.2 Å². The monoisotopic (exact) mass is 436 g/mol. The number of amides is 1. The molecule has 0 spiro atoms. The zero-order valence-corrected chi connectivity index (χ0v) is 18.5. The molecule has 1 N–H and O–H groups in total. The molecule has 31 heavy (non-hydrogen) atoms. The van der Waals surface area contributed by atoms with Crippen LogP contribution in [0.3, 0.4) is 0 Å². The molecule has 0 aliphatic carbocycles. The highest BCUT2D eigenvalue weighted by atomic mass is 32.2. The van der Waals surface area contributed by atoms with Gasteiger partial charge in [0.05, 0.1) is 18.6 Å². The number of hydrogen-bond donors (Lipinski definition) is 1. The number of para-hydroxylation sites is 3. The van der Waals surface area contributed by atoms with Gasteiger partial charge in [-0.3, -0.25) is 9.59 Å². The third-order valence-corrected chi connectivity index (χ3v) is 6.18. The number of ether oxygens (including phenoxy) is 1. The Morgan fingerprint density at radius 3 is 2.58 bits per heavy atom. The Balaban J connectivity index is 1.92. The molecule has 0 aliphatic heterocycles. The fourth-order valence-corrected chi connectivity index (χ4v) is 4.56. The van der Waals surface area contributed by atoms with Gasteiger partial charge in [0.15, 0.2) is 5.16 Å². The SMILES string of the molecule is CCN(CC)C(=O)CSc1nc2c([nH]c3ccccc32)c(=O)n1-c1ccccc1OC. The van der Waals surface area contributed by atoms with Gasteiger partial charge in [-0.15, -0.1) is 0 Å². The van der Waals surface area contributed by atoms with Gasteiger partial charge in [0, 0.05) is 24.0 Å². The summed E-state index contributed by atoms with van der Waals surface area (Å²) in [5, 5.41) is 1.32. The number of hydrogen-bond acceptors (Lipinski definition) is 5. The molecule has 7 nitrogen and oxygen atoms in total. The van der Waals surface area contributed by atoms with Crippen LogP contribution < -0.4 is 10.3 Å². The predicted octanol–water partition coefficient (Wildman–Crippen LogP) is 3.84. The van der Waals surface area contributed by atoms with Gasteiger partial charge in [0.1, 0.15) is 16.8 Å². The molecule has 0 unspecified atom stereocenters. The molecule has 160 valence electrons. The highest BCUT2D eigenvalue weighted by Gasteiger charge is 2.20. The Kier molecular flexibility index (Phi) is 5.99. The molecule has 8 heteroatoms. The van der Waals surface area contributed by atoms with Gasteiger partial charge in [0.2, 0.25) is 5.91 Å². The first-order chi connectivity index (χ1) is 15.1. The van der Waals surface area contributed by atoms with Crippen LogP contribution in [-0.2, 0) is 4.79 Å². The van der Waals surface area contributed by atoms with Gasteiger partial charge in [-0.1, -0.05) is 42.1 Å². The summed E-state index contributed by atoms with van der Waals surface area (Å²) >= 11 is 1.26. The first-order valence-corrected chi connectivity index (χ1v) is 11.1. The van der Waals surface area contributed by atoms with Crippen LogP contribution >= 0.6 is 11.8 Å². The molecule has 0 saturated heterocycles. The Morgan fingerprint density at radius 2 is 1.84 bits per heavy atom. The number of methoxy groups -OCH3 is 1. The van der Waals surface area contributed by atoms with Crippen molar-refractivity contribution in [3.8, 4) is 11.4 Å². The lowest BCUT2D eigenvalue weighted by atomic mass is 10.2. The standard InChI is InChI=1S/C23H24N4O3S/c1-4-26(5-2)19(28)14-31-23-25-20-15-10-6-7-11-16(15)24-21(20)22(29)27(23)17-12-8-9-13-18(17)30-3/h6-13,24H,4-5,14H2,1-3H3. The smallest absolute Gasteiger partial charge is 0.283 e. The van der Waals surface area contributed by atoms with Crippen molar-refractivity contribution in [1.82, 2.24) is 19.4 Å². The fraction of sp³-hybridized carbons (Fsp3) is 0.261. The third-order valence-electron chi connectivity index (χ3n) is 5.26. The lowest BCUT2D eigenvalue weighted by Crippen LogP contribution is -2.32. The van der Waals surface area contributed by atoms with Crippen molar-refractivity contribution in [1.29, 1.82) is 0 Å². The number of H-pyrrole nitrogens is 1. The maximum absolute atomic E-state index is 13.6. The minimum absolute atomic E-state index is 0.00912. The molecule has 0 aliphatic rings. The predicted molar refractivity (Wildman–Crippen MR) is 124 cm³/mol. The number of nitrogens with one attached hydrogen (secondary N) is 1. The second-order valence-electron chi connectivity index (χ2n) is 6.96. The number of aromatic nitrogens is 3. The van der Waals surface area contributed by atoms with Crippen LogP contribution in [0.4, 0.5) is 0 Å². The molecule has 0 fully saturated rings. The van der Waals surface area contributed by atoms with E-state index in [0.29, 0.717) is 40.7 Å². The fourth-order valence-electron chi connectivity index (χ4n) is 3.66. The molecular formula is C23H24N4O3S. The topological polar surface area (TPSA) is 80.2 Å². The summed E-state index contributed by atoms with van der Waals surface area (Å²) in [6.45, 7) is 5.19. The van der Waals surface area contributed by atoms with Crippen molar-refractivity contribution in [2.24, 2.45) is 0 Å². The molecule has 0 bridgehead atoms. The molecule has 2 aromatic heterocycles. The zero-order chi connectivity index (χ0) is 22.0. The van der Waals surface area contributed by atoms with E-state index < -0.39 is 0 Å². The van der Waals surface area contributed by atoms with Crippen molar-refractivity contribution in [3.05, 3.63) is 58.9 Å². The van der Waals surface area contributed by atoms with Crippen LogP contribution in [0.15, 0.2) is 58.5 Å². The first-order valence-electron chi connectivity index (χ1n) is 10.2. The minimum atomic E-state index is -0.233. The van der Waals surface area contributed by atoms with Crippen molar-refractivity contribution in [2.45, 2.75) is 19.0 Å². The molecule has 2 heterocycles. The third kappa shape index (κ3) is 3.79. The van der Waals surface area contributed by atoms with Gasteiger partial charge in [-0.2, -0.15) is 0 Å². The van der Waals surface area contributed by atoms with Gasteiger partial charge in [-0.05, 0) is 32.0 Å². The van der Waals surface area contributed by atoms with Crippen LogP contribution in [0.5, 0.6) is 5.75 Å². The number of aromatic amines is 1. The lowest BCUT2D eigenvalue weighted by molar-refractivity contribution is -0.127. The van der Waals surface area contributed by atoms with E-state index in [1.165, 1.54) is 16.3 Å². The number of fused-ring (bicyclic) bond motifs is 3. The van der Waals surface area contributed by atoms with Gasteiger partial charge in [0.25, 0.3) is 5.56 Å². The minimum Gasteiger partial charge on any atom is -0.495 e. The highest BCUT2D eigenvalue weighted by Crippen LogP contribution is 2.29. The summed E-state index contributed by atoms with van der Waals surface area (Å²) in [5.74, 6) is 0.755. The van der Waals surface area contributed by atoms with Crippen LogP contribution in [0, 0.1) is 0 Å². The van der Waals surface area contributed by atoms with Gasteiger partial charge < -0.3 is 14.6 Å². The van der Waals surface area contributed by atoms with Gasteiger partial charge in [-0.25, -0.2) is 9.55 Å². The highest BCUT2D eigenvalue weighted by molar-refractivity contribution is 7.99. The molecule has 4 rings (SSSR count). The van der Waals surface area contributed by atoms with E-state index in [4.69, 9.17) is 9.72 Å². The zero-order valence-electron chi connectivity index (χ0n) is 17.7. The number of rotatable bonds is 7. The summed E-state index contributed by atoms with van der Waals surface area (Å²) < 4.78 is 7.02. The number of carbonyl (C=O) groups is 1. The summed E-state index contributed by atoms with van der Waals surface area (Å²) in [5.41, 5.74) is 2.22. The number of carbonyl (C=O) groups excluding carboxylic acids is 1. The van der Waals surface area contributed by atoms with E-state index >= 15 is 0 Å². The summed E-state index contributed by atoms with van der Waals surface area (Å²) in [6, 6.07) is 15.0. The lowest BCUT2D eigenvalue weighted by Gasteiger charge is -2.19. The van der Waals surface area contributed by atoms with Crippen LogP contribution in [0.2, 0.25) is 0 Å². The molecule has 2 aromatic carbocycles. The summed E-state index contributed by atoms with van der Waals surface area (Å²) in [4.78, 5) is 36.0. The van der Waals surface area contributed by atoms with E-state index in [9.17, 15) is 9.59 Å². The Hall–Kier alpha value is -3.26. The molecule has 0 saturated carbocycles. The maximum atomic E-state index is 13.6. The number of benzene rings is 2. The summed E-state index contributed by atoms with van der Waals surface area (Å²) in [6.07, 6.45) is 0. The maximum Gasteiger partial charge on any atom is 0.283 e. The largest absolute Gasteiger partial charge is 0.495 e. The second-order valence-corrected chi connectivity index (χ2v) is 7.90. The quantitative estimate of drug-likeness (QED) is 0.352. The van der Waals surface area contributed by atoms with Crippen molar-refractivity contribution < 1.29 is 9.53 Å². The molecule has 1 amide bonds. The van der Waals surface area contributed by atoms with Crippen LogP contribution in [0.25, 0.3) is 27.6 Å². The van der Waals surface area contributed by atoms with Crippen molar-refractivity contribution >= 4 is 39.6 Å². The van der Waals surface area contributed by atoms with E-state index in [1.807, 2.05) is 56.3 Å². The van der Waals surface area contributed by atoms with Crippen molar-refractivity contribution in [2.75, 3.05) is 26.0 Å². The van der Waals surface area contributed by atoms with Gasteiger partial charge >= 0.3 is 0 Å². The number of nitrogens with zero attached hydrogens (tertiary/aromatic N) is 3. The van der Waals surface area contributed by atoms with E-state index in [2.05, 4.69) is 4.98 Å². The normalized spacial score (nSPS) is 11.2. The average Bonchev–Trinajstić information content (AvgIpc) is 3.17. The Morgan fingerprint density at radius 1 is 1.13 bits per heavy atom. The Labute approximate surface area is 184 Å². The average molecular weight is 437 g/mol. The van der Waals surface area contributed by atoms with Crippen LogP contribution in [0.1, 0.15) is 13.8 Å². The molecule has 0 atom stereocenters.